The lowest BCUT2D eigenvalue weighted by Crippen LogP contribution is -2.09. The summed E-state index contributed by atoms with van der Waals surface area (Å²) in [7, 11) is 0. The Balaban J connectivity index is 1.03. The highest BCUT2D eigenvalue weighted by Gasteiger charge is 2.18. The van der Waals surface area contributed by atoms with Crippen LogP contribution >= 0.6 is 0 Å². The predicted octanol–water partition coefficient (Wildman–Crippen LogP) is 16.0. The molecule has 0 atom stereocenters. The molecule has 0 saturated heterocycles. The van der Waals surface area contributed by atoms with Crippen molar-refractivity contribution in [3.63, 3.8) is 0 Å². The average Bonchev–Trinajstić information content (AvgIpc) is 3.28. The molecule has 1 nitrogen and oxygen atoms in total. The number of rotatable bonds is 5. The van der Waals surface area contributed by atoms with Crippen molar-refractivity contribution in [3.8, 4) is 22.3 Å². The number of nitrogens with zero attached hydrogens (tertiary/aromatic N) is 1. The van der Waals surface area contributed by atoms with Gasteiger partial charge in [-0.05, 0) is 146 Å². The van der Waals surface area contributed by atoms with Crippen molar-refractivity contribution in [2.24, 2.45) is 0 Å². The lowest BCUT2D eigenvalue weighted by molar-refractivity contribution is 1.28. The van der Waals surface area contributed by atoms with Crippen LogP contribution in [-0.4, -0.2) is 0 Å². The summed E-state index contributed by atoms with van der Waals surface area (Å²) in [5.41, 5.74) is 8.21. The van der Waals surface area contributed by atoms with Gasteiger partial charge in [0.2, 0.25) is 0 Å². The van der Waals surface area contributed by atoms with Gasteiger partial charge in [-0.25, -0.2) is 0 Å². The van der Waals surface area contributed by atoms with Gasteiger partial charge in [0.05, 0.1) is 0 Å². The van der Waals surface area contributed by atoms with Gasteiger partial charge in [0.25, 0.3) is 0 Å². The Morgan fingerprint density at radius 1 is 0.228 bits per heavy atom. The summed E-state index contributed by atoms with van der Waals surface area (Å²) < 4.78 is 0. The van der Waals surface area contributed by atoms with Gasteiger partial charge in [0.1, 0.15) is 0 Å². The minimum atomic E-state index is 1.11. The van der Waals surface area contributed by atoms with E-state index in [0.29, 0.717) is 0 Å². The van der Waals surface area contributed by atoms with E-state index >= 15 is 0 Å². The summed E-state index contributed by atoms with van der Waals surface area (Å²) in [6.45, 7) is 0. The van der Waals surface area contributed by atoms with E-state index in [1.54, 1.807) is 0 Å². The van der Waals surface area contributed by atoms with Crippen LogP contribution in [0.15, 0.2) is 212 Å². The van der Waals surface area contributed by atoms with E-state index < -0.39 is 0 Å². The molecule has 0 fully saturated rings. The molecule has 0 heterocycles. The first-order chi connectivity index (χ1) is 28.3. The van der Waals surface area contributed by atoms with E-state index in [0.717, 1.165) is 17.1 Å². The van der Waals surface area contributed by atoms with Crippen LogP contribution in [-0.2, 0) is 0 Å². The molecule has 264 valence electrons. The Morgan fingerprint density at radius 3 is 1.30 bits per heavy atom. The van der Waals surface area contributed by atoms with Gasteiger partial charge < -0.3 is 4.90 Å². The largest absolute Gasteiger partial charge is 0.311 e. The van der Waals surface area contributed by atoms with Gasteiger partial charge in [-0.1, -0.05) is 164 Å². The molecule has 0 amide bonds. The number of para-hydroxylation sites is 1. The smallest absolute Gasteiger partial charge is 0.0462 e. The molecule has 0 unspecified atom stereocenters. The highest BCUT2D eigenvalue weighted by atomic mass is 15.1. The zero-order valence-electron chi connectivity index (χ0n) is 31.2. The quantitative estimate of drug-likeness (QED) is 0.160. The third kappa shape index (κ3) is 4.96. The van der Waals surface area contributed by atoms with Crippen LogP contribution in [0.1, 0.15) is 0 Å². The van der Waals surface area contributed by atoms with E-state index in [2.05, 4.69) is 217 Å². The van der Waals surface area contributed by atoms with E-state index in [1.165, 1.54) is 97.7 Å². The Hall–Kier alpha value is -7.48. The molecule has 12 aromatic rings. The average molecular weight is 722 g/mol. The fourth-order valence-corrected chi connectivity index (χ4v) is 9.55. The first kappa shape index (κ1) is 31.8. The zero-order valence-corrected chi connectivity index (χ0v) is 31.2. The molecule has 0 aromatic heterocycles. The molecule has 0 aliphatic rings. The van der Waals surface area contributed by atoms with Crippen molar-refractivity contribution in [2.45, 2.75) is 0 Å². The molecule has 0 N–H and O–H groups in total. The molecule has 1 heteroatoms. The molecule has 0 spiro atoms. The third-order valence-electron chi connectivity index (χ3n) is 12.1. The summed E-state index contributed by atoms with van der Waals surface area (Å²) in [4.78, 5) is 2.35. The summed E-state index contributed by atoms with van der Waals surface area (Å²) >= 11 is 0. The minimum Gasteiger partial charge on any atom is -0.311 e. The fraction of sp³-hybridized carbons (Fsp3) is 0. The Labute approximate surface area is 330 Å². The lowest BCUT2D eigenvalue weighted by atomic mass is 9.86. The van der Waals surface area contributed by atoms with Crippen molar-refractivity contribution < 1.29 is 0 Å². The van der Waals surface area contributed by atoms with E-state index in [9.17, 15) is 0 Å². The lowest BCUT2D eigenvalue weighted by Gasteiger charge is -2.26. The van der Waals surface area contributed by atoms with Gasteiger partial charge in [-0.3, -0.25) is 0 Å². The van der Waals surface area contributed by atoms with Crippen molar-refractivity contribution >= 4 is 92.5 Å². The molecule has 57 heavy (non-hydrogen) atoms. The first-order valence-electron chi connectivity index (χ1n) is 19.8. The second-order valence-electron chi connectivity index (χ2n) is 15.3. The van der Waals surface area contributed by atoms with Gasteiger partial charge in [0, 0.05) is 17.1 Å². The molecule has 12 rings (SSSR count). The van der Waals surface area contributed by atoms with Gasteiger partial charge >= 0.3 is 0 Å². The Morgan fingerprint density at radius 2 is 0.667 bits per heavy atom. The fourth-order valence-electron chi connectivity index (χ4n) is 9.55. The molecular weight excluding hydrogens is 687 g/mol. The van der Waals surface area contributed by atoms with Crippen molar-refractivity contribution in [1.82, 2.24) is 0 Å². The van der Waals surface area contributed by atoms with Crippen LogP contribution in [0.5, 0.6) is 0 Å². The topological polar surface area (TPSA) is 3.24 Å². The maximum Gasteiger partial charge on any atom is 0.0462 e. The number of benzene rings is 11. The summed E-state index contributed by atoms with van der Waals surface area (Å²) in [5.74, 6) is 0. The van der Waals surface area contributed by atoms with Gasteiger partial charge in [-0.15, -0.1) is 0 Å². The van der Waals surface area contributed by atoms with Crippen molar-refractivity contribution in [3.05, 3.63) is 212 Å². The van der Waals surface area contributed by atoms with E-state index in [1.807, 2.05) is 0 Å². The summed E-state index contributed by atoms with van der Waals surface area (Å²) in [6.07, 6.45) is 0. The van der Waals surface area contributed by atoms with Crippen LogP contribution in [0.2, 0.25) is 0 Å². The Bertz CT molecular complexity index is 3480. The zero-order chi connectivity index (χ0) is 37.5. The Kier molecular flexibility index (Phi) is 7.00. The number of anilines is 3. The predicted molar refractivity (Wildman–Crippen MR) is 246 cm³/mol. The van der Waals surface area contributed by atoms with Crippen LogP contribution in [0.4, 0.5) is 17.1 Å². The van der Waals surface area contributed by atoms with E-state index in [4.69, 9.17) is 0 Å². The highest BCUT2D eigenvalue weighted by molar-refractivity contribution is 6.37. The maximum absolute atomic E-state index is 2.44. The van der Waals surface area contributed by atoms with Crippen LogP contribution in [0.25, 0.3) is 97.7 Å². The number of hydrogen-bond donors (Lipinski definition) is 0. The second kappa shape index (κ2) is 12.5. The molecule has 0 aliphatic carbocycles. The molecule has 0 bridgehead atoms. The van der Waals surface area contributed by atoms with Gasteiger partial charge in [-0.2, -0.15) is 0 Å². The van der Waals surface area contributed by atoms with Crippen LogP contribution in [0.3, 0.4) is 0 Å². The second-order valence-corrected chi connectivity index (χ2v) is 15.3. The van der Waals surface area contributed by atoms with Crippen LogP contribution in [0, 0.1) is 0 Å². The molecular formula is C56H35N. The first-order valence-corrected chi connectivity index (χ1v) is 19.8. The molecule has 0 saturated carbocycles. The summed E-state index contributed by atoms with van der Waals surface area (Å²) in [6, 6.07) is 78.3. The molecule has 12 aromatic carbocycles. The normalized spacial score (nSPS) is 11.9. The SMILES string of the molecule is c1ccc(N(c2ccc(-c3cc4ccc5cccc6c7cccc8ccc9cccc(c(c3)c4c56)c9c87)cc2)c2ccc(-c3cccc4ccccc34)cc2)cc1. The third-order valence-corrected chi connectivity index (χ3v) is 12.1. The van der Waals surface area contributed by atoms with E-state index in [-0.39, 0.29) is 0 Å². The summed E-state index contributed by atoms with van der Waals surface area (Å²) in [5, 5.41) is 18.1. The van der Waals surface area contributed by atoms with Crippen LogP contribution < -0.4 is 4.90 Å². The molecule has 0 aliphatic heterocycles. The minimum absolute atomic E-state index is 1.11. The maximum atomic E-state index is 2.44. The molecule has 0 radical (unpaired) electrons. The standard InChI is InChI=1S/C56H35N/c1-2-15-44(16-3-1)57(46-32-28-38(29-33-46)48-18-6-11-37-10-4-5-17-47(37)48)45-30-26-36(27-31-45)43-34-42-25-24-41-13-8-20-50-49-19-7-12-39-22-23-40-14-9-21-51(55(40)53(39)49)52(35-43)56(42)54(41)50/h1-35H. The number of fused-ring (bicyclic) bond motifs is 3. The monoisotopic (exact) mass is 721 g/mol. The number of hydrogen-bond acceptors (Lipinski definition) is 1. The van der Waals surface area contributed by atoms with Crippen molar-refractivity contribution in [1.29, 1.82) is 0 Å². The van der Waals surface area contributed by atoms with Crippen molar-refractivity contribution in [2.75, 3.05) is 4.90 Å². The van der Waals surface area contributed by atoms with Gasteiger partial charge in [0.15, 0.2) is 0 Å². The highest BCUT2D eigenvalue weighted by Crippen LogP contribution is 2.45.